The first-order valence-corrected chi connectivity index (χ1v) is 14.4. The maximum Gasteiger partial charge on any atom is 0.330 e. The molecule has 0 spiro atoms. The van der Waals surface area contributed by atoms with E-state index in [0.717, 1.165) is 0 Å². The second kappa shape index (κ2) is 15.8. The van der Waals surface area contributed by atoms with Gasteiger partial charge in [0.15, 0.2) is 11.5 Å². The zero-order valence-corrected chi connectivity index (χ0v) is 24.9. The molecule has 0 bridgehead atoms. The molecule has 1 saturated heterocycles. The number of ketones is 1. The van der Waals surface area contributed by atoms with Crippen molar-refractivity contribution < 1.29 is 37.6 Å². The standard InChI is InChI=1S/C31H39FN4O7/c1-5-42-27(38)11-10-24(16-21-12-13-33-29(21)39)34-30(40)22(15-20-6-8-23(32)9-7-20)17-26(37)28(18(2)3)35-31(41)25-14-19(4)43-36-25/h6-11,14,18,21-22,24,28H,5,12-13,15-17H2,1-4H3,(H,33,39)(H,34,40)(H,35,41)/b11-10+/t21-,22-,24-,28-/m1/s1. The van der Waals surface area contributed by atoms with Crippen molar-refractivity contribution in [3.63, 3.8) is 0 Å². The van der Waals surface area contributed by atoms with E-state index in [1.165, 1.54) is 42.5 Å². The lowest BCUT2D eigenvalue weighted by Crippen LogP contribution is -2.47. The minimum absolute atomic E-state index is 0.0312. The Hall–Kier alpha value is -4.35. The number of amides is 3. The Bertz CT molecular complexity index is 1320. The van der Waals surface area contributed by atoms with Crippen LogP contribution >= 0.6 is 0 Å². The van der Waals surface area contributed by atoms with Gasteiger partial charge in [-0.3, -0.25) is 19.2 Å². The quantitative estimate of drug-likeness (QED) is 0.209. The summed E-state index contributed by atoms with van der Waals surface area (Å²) in [5.74, 6) is -3.75. The first-order valence-electron chi connectivity index (χ1n) is 14.4. The van der Waals surface area contributed by atoms with Gasteiger partial charge in [0, 0.05) is 43.0 Å². The van der Waals surface area contributed by atoms with E-state index in [1.807, 2.05) is 0 Å². The van der Waals surface area contributed by atoms with Gasteiger partial charge in [0.25, 0.3) is 5.91 Å². The molecule has 0 aliphatic carbocycles. The van der Waals surface area contributed by atoms with Gasteiger partial charge >= 0.3 is 5.97 Å². The summed E-state index contributed by atoms with van der Waals surface area (Å²) in [7, 11) is 0. The Morgan fingerprint density at radius 3 is 2.49 bits per heavy atom. The summed E-state index contributed by atoms with van der Waals surface area (Å²) in [6.07, 6.45) is 3.38. The molecule has 1 aromatic carbocycles. The lowest BCUT2D eigenvalue weighted by Gasteiger charge is -2.25. The summed E-state index contributed by atoms with van der Waals surface area (Å²) in [6, 6.07) is 5.45. The second-order valence-electron chi connectivity index (χ2n) is 11.0. The van der Waals surface area contributed by atoms with E-state index in [1.54, 1.807) is 27.7 Å². The van der Waals surface area contributed by atoms with E-state index in [0.29, 0.717) is 24.3 Å². The van der Waals surface area contributed by atoms with Crippen LogP contribution in [0.2, 0.25) is 0 Å². The molecule has 3 amide bonds. The molecule has 0 saturated carbocycles. The summed E-state index contributed by atoms with van der Waals surface area (Å²) >= 11 is 0. The van der Waals surface area contributed by atoms with Crippen molar-refractivity contribution in [2.75, 3.05) is 13.2 Å². The number of nitrogens with one attached hydrogen (secondary N) is 3. The van der Waals surface area contributed by atoms with Crippen LogP contribution in [0.5, 0.6) is 0 Å². The highest BCUT2D eigenvalue weighted by molar-refractivity contribution is 5.97. The summed E-state index contributed by atoms with van der Waals surface area (Å²) in [6.45, 7) is 7.55. The fourth-order valence-corrected chi connectivity index (χ4v) is 4.89. The lowest BCUT2D eigenvalue weighted by atomic mass is 9.87. The van der Waals surface area contributed by atoms with Crippen LogP contribution in [0, 0.1) is 30.5 Å². The maximum absolute atomic E-state index is 13.7. The number of Topliss-reactive ketones (excluding diaryl/α,β-unsaturated/α-hetero) is 1. The molecule has 1 aliphatic rings. The van der Waals surface area contributed by atoms with Gasteiger partial charge in [0.2, 0.25) is 11.8 Å². The number of rotatable bonds is 15. The number of benzene rings is 1. The largest absolute Gasteiger partial charge is 0.463 e. The van der Waals surface area contributed by atoms with Crippen molar-refractivity contribution >= 4 is 29.5 Å². The fraction of sp³-hybridized carbons (Fsp3) is 0.484. The molecular weight excluding hydrogens is 559 g/mol. The van der Waals surface area contributed by atoms with E-state index in [-0.39, 0.29) is 55.1 Å². The highest BCUT2D eigenvalue weighted by Crippen LogP contribution is 2.21. The lowest BCUT2D eigenvalue weighted by molar-refractivity contribution is -0.137. The Morgan fingerprint density at radius 2 is 1.91 bits per heavy atom. The molecule has 232 valence electrons. The Kier molecular flexibility index (Phi) is 12.2. The fourth-order valence-electron chi connectivity index (χ4n) is 4.89. The van der Waals surface area contributed by atoms with Gasteiger partial charge in [-0.1, -0.05) is 37.2 Å². The molecule has 1 aromatic heterocycles. The van der Waals surface area contributed by atoms with Crippen LogP contribution in [0.4, 0.5) is 4.39 Å². The van der Waals surface area contributed by atoms with Gasteiger partial charge in [0.1, 0.15) is 11.6 Å². The third-order valence-electron chi connectivity index (χ3n) is 7.15. The van der Waals surface area contributed by atoms with Crippen LogP contribution in [-0.2, 0) is 30.3 Å². The van der Waals surface area contributed by atoms with Gasteiger partial charge in [0.05, 0.1) is 12.6 Å². The zero-order chi connectivity index (χ0) is 31.5. The Morgan fingerprint density at radius 1 is 1.19 bits per heavy atom. The Balaban J connectivity index is 1.82. The molecule has 2 heterocycles. The highest BCUT2D eigenvalue weighted by Gasteiger charge is 2.32. The van der Waals surface area contributed by atoms with Crippen LogP contribution in [0.25, 0.3) is 0 Å². The first-order chi connectivity index (χ1) is 20.5. The van der Waals surface area contributed by atoms with Crippen molar-refractivity contribution in [2.45, 2.75) is 65.5 Å². The maximum atomic E-state index is 13.7. The summed E-state index contributed by atoms with van der Waals surface area (Å²) in [4.78, 5) is 64.3. The van der Waals surface area contributed by atoms with Gasteiger partial charge in [-0.2, -0.15) is 0 Å². The van der Waals surface area contributed by atoms with Crippen molar-refractivity contribution in [3.8, 4) is 0 Å². The van der Waals surface area contributed by atoms with E-state index in [9.17, 15) is 28.4 Å². The summed E-state index contributed by atoms with van der Waals surface area (Å²) < 4.78 is 23.5. The number of halogens is 1. The number of esters is 1. The van der Waals surface area contributed by atoms with Gasteiger partial charge in [-0.05, 0) is 56.7 Å². The molecule has 1 aliphatic heterocycles. The third kappa shape index (κ3) is 10.2. The summed E-state index contributed by atoms with van der Waals surface area (Å²) in [5, 5.41) is 12.1. The van der Waals surface area contributed by atoms with Crippen molar-refractivity contribution in [3.05, 3.63) is 65.3 Å². The number of ether oxygens (including phenoxy) is 1. The number of aromatic nitrogens is 1. The molecule has 2 aromatic rings. The molecule has 4 atom stereocenters. The zero-order valence-electron chi connectivity index (χ0n) is 24.9. The third-order valence-corrected chi connectivity index (χ3v) is 7.15. The molecule has 3 rings (SSSR count). The van der Waals surface area contributed by atoms with E-state index in [2.05, 4.69) is 21.1 Å². The topological polar surface area (TPSA) is 157 Å². The summed E-state index contributed by atoms with van der Waals surface area (Å²) in [5.41, 5.74) is 0.662. The van der Waals surface area contributed by atoms with Crippen molar-refractivity contribution in [1.82, 2.24) is 21.1 Å². The minimum Gasteiger partial charge on any atom is -0.463 e. The highest BCUT2D eigenvalue weighted by atomic mass is 19.1. The average Bonchev–Trinajstić information content (AvgIpc) is 3.58. The molecule has 43 heavy (non-hydrogen) atoms. The molecule has 11 nitrogen and oxygen atoms in total. The Labute approximate surface area is 250 Å². The van der Waals surface area contributed by atoms with Gasteiger partial charge in [-0.25, -0.2) is 9.18 Å². The molecular formula is C31H39FN4O7. The number of carbonyl (C=O) groups is 5. The monoisotopic (exact) mass is 598 g/mol. The van der Waals surface area contributed by atoms with Crippen LogP contribution in [0.15, 0.2) is 47.0 Å². The average molecular weight is 599 g/mol. The van der Waals surface area contributed by atoms with E-state index < -0.39 is 41.6 Å². The molecule has 3 N–H and O–H groups in total. The van der Waals surface area contributed by atoms with E-state index >= 15 is 0 Å². The number of hydrogen-bond donors (Lipinski definition) is 3. The minimum atomic E-state index is -0.922. The van der Waals surface area contributed by atoms with Crippen LogP contribution < -0.4 is 16.0 Å². The number of nitrogens with zero attached hydrogens (tertiary/aromatic N) is 1. The molecule has 1 fully saturated rings. The van der Waals surface area contributed by atoms with Crippen LogP contribution in [0.3, 0.4) is 0 Å². The first kappa shape index (κ1) is 33.2. The second-order valence-corrected chi connectivity index (χ2v) is 11.0. The van der Waals surface area contributed by atoms with E-state index in [4.69, 9.17) is 9.26 Å². The normalized spacial score (nSPS) is 16.9. The van der Waals surface area contributed by atoms with Crippen molar-refractivity contribution in [2.24, 2.45) is 17.8 Å². The van der Waals surface area contributed by atoms with Gasteiger partial charge in [-0.15, -0.1) is 0 Å². The number of carbonyl (C=O) groups excluding carboxylic acids is 5. The molecule has 0 radical (unpaired) electrons. The van der Waals surface area contributed by atoms with Crippen LogP contribution in [-0.4, -0.2) is 59.9 Å². The van der Waals surface area contributed by atoms with Crippen LogP contribution in [0.1, 0.15) is 61.8 Å². The molecule has 12 heteroatoms. The molecule has 0 unspecified atom stereocenters. The smallest absolute Gasteiger partial charge is 0.330 e. The van der Waals surface area contributed by atoms with Crippen molar-refractivity contribution in [1.29, 1.82) is 0 Å². The SMILES string of the molecule is CCOC(=O)/C=C/[C@H](C[C@H]1CCNC1=O)NC(=O)[C@@H](CC(=O)[C@H](NC(=O)c1cc(C)on1)C(C)C)Cc1ccc(F)cc1. The predicted molar refractivity (Wildman–Crippen MR) is 154 cm³/mol. The number of aryl methyl sites for hydroxylation is 1. The van der Waals surface area contributed by atoms with Gasteiger partial charge < -0.3 is 25.2 Å². The predicted octanol–water partition coefficient (Wildman–Crippen LogP) is 2.82. The number of hydrogen-bond acceptors (Lipinski definition) is 8.